The normalized spacial score (nSPS) is 18.6. The summed E-state index contributed by atoms with van der Waals surface area (Å²) in [6.45, 7) is 5.77. The fourth-order valence-corrected chi connectivity index (χ4v) is 3.43. The summed E-state index contributed by atoms with van der Waals surface area (Å²) >= 11 is 0. The van der Waals surface area contributed by atoms with Crippen molar-refractivity contribution in [3.8, 4) is 0 Å². The minimum Gasteiger partial charge on any atom is -0.354 e. The van der Waals surface area contributed by atoms with E-state index in [1.807, 2.05) is 24.3 Å². The first kappa shape index (κ1) is 21.5. The van der Waals surface area contributed by atoms with Gasteiger partial charge in [0, 0.05) is 6.54 Å². The molecule has 7 heteroatoms. The van der Waals surface area contributed by atoms with Gasteiger partial charge in [-0.15, -0.1) is 0 Å². The Bertz CT molecular complexity index is 941. The van der Waals surface area contributed by atoms with Crippen LogP contribution in [0.4, 0.5) is 9.18 Å². The van der Waals surface area contributed by atoms with Crippen LogP contribution in [0, 0.1) is 5.82 Å². The largest absolute Gasteiger partial charge is 0.354 e. The van der Waals surface area contributed by atoms with E-state index in [1.165, 1.54) is 12.1 Å². The summed E-state index contributed by atoms with van der Waals surface area (Å²) in [7, 11) is 0. The monoisotopic (exact) mass is 411 g/mol. The molecule has 2 aromatic carbocycles. The zero-order valence-corrected chi connectivity index (χ0v) is 17.4. The molecule has 1 aliphatic heterocycles. The van der Waals surface area contributed by atoms with E-state index in [0.717, 1.165) is 16.0 Å². The Morgan fingerprint density at radius 2 is 1.73 bits per heavy atom. The molecule has 0 aromatic heterocycles. The van der Waals surface area contributed by atoms with Gasteiger partial charge in [0.15, 0.2) is 0 Å². The number of hydrogen-bond donors (Lipinski definition) is 2. The third kappa shape index (κ3) is 4.50. The molecule has 30 heavy (non-hydrogen) atoms. The van der Waals surface area contributed by atoms with Crippen LogP contribution in [-0.4, -0.2) is 35.8 Å². The van der Waals surface area contributed by atoms with E-state index in [0.29, 0.717) is 24.4 Å². The highest BCUT2D eigenvalue weighted by molar-refractivity contribution is 6.09. The third-order valence-corrected chi connectivity index (χ3v) is 5.38. The second kappa shape index (κ2) is 8.65. The van der Waals surface area contributed by atoms with E-state index in [4.69, 9.17) is 0 Å². The number of nitrogens with one attached hydrogen (secondary N) is 2. The highest BCUT2D eigenvalue weighted by atomic mass is 19.1. The first-order chi connectivity index (χ1) is 14.2. The number of carbonyl (C=O) groups excluding carboxylic acids is 3. The van der Waals surface area contributed by atoms with Crippen LogP contribution < -0.4 is 10.6 Å². The van der Waals surface area contributed by atoms with Crippen LogP contribution in [-0.2, 0) is 21.5 Å². The van der Waals surface area contributed by atoms with Crippen molar-refractivity contribution in [3.05, 3.63) is 71.0 Å². The van der Waals surface area contributed by atoms with Gasteiger partial charge in [0.2, 0.25) is 5.91 Å². The van der Waals surface area contributed by atoms with Crippen LogP contribution in [0.15, 0.2) is 48.5 Å². The number of urea groups is 1. The minimum absolute atomic E-state index is 0.316. The van der Waals surface area contributed by atoms with Gasteiger partial charge in [-0.25, -0.2) is 9.18 Å². The van der Waals surface area contributed by atoms with Gasteiger partial charge in [0.1, 0.15) is 17.9 Å². The average molecular weight is 411 g/mol. The number of benzene rings is 2. The molecule has 2 aromatic rings. The van der Waals surface area contributed by atoms with E-state index in [1.54, 1.807) is 19.1 Å². The molecule has 0 saturated carbocycles. The smallest absolute Gasteiger partial charge is 0.325 e. The Balaban J connectivity index is 1.59. The molecule has 0 unspecified atom stereocenters. The fraction of sp³-hybridized carbons (Fsp3) is 0.348. The molecule has 0 aliphatic carbocycles. The maximum absolute atomic E-state index is 12.9. The third-order valence-electron chi connectivity index (χ3n) is 5.38. The number of carbonyl (C=O) groups is 3. The van der Waals surface area contributed by atoms with Crippen LogP contribution in [0.1, 0.15) is 43.4 Å². The molecular formula is C23H26FN3O3. The molecule has 0 radical (unpaired) electrons. The Hall–Kier alpha value is -3.22. The fourth-order valence-electron chi connectivity index (χ4n) is 3.43. The average Bonchev–Trinajstić information content (AvgIpc) is 2.93. The molecule has 0 spiro atoms. The molecule has 158 valence electrons. The van der Waals surface area contributed by atoms with Crippen molar-refractivity contribution in [2.45, 2.75) is 38.6 Å². The van der Waals surface area contributed by atoms with Gasteiger partial charge in [-0.3, -0.25) is 14.5 Å². The maximum Gasteiger partial charge on any atom is 0.325 e. The summed E-state index contributed by atoms with van der Waals surface area (Å²) in [6, 6.07) is 13.0. The number of nitrogens with zero attached hydrogens (tertiary/aromatic N) is 1. The summed E-state index contributed by atoms with van der Waals surface area (Å²) in [4.78, 5) is 38.5. The van der Waals surface area contributed by atoms with Gasteiger partial charge in [-0.2, -0.15) is 0 Å². The van der Waals surface area contributed by atoms with E-state index < -0.39 is 23.4 Å². The molecule has 1 heterocycles. The van der Waals surface area contributed by atoms with Crippen molar-refractivity contribution < 1.29 is 18.8 Å². The Labute approximate surface area is 175 Å². The van der Waals surface area contributed by atoms with Crippen molar-refractivity contribution in [1.82, 2.24) is 15.5 Å². The molecule has 2 N–H and O–H groups in total. The molecular weight excluding hydrogens is 385 g/mol. The molecule has 0 bridgehead atoms. The zero-order chi connectivity index (χ0) is 21.9. The predicted octanol–water partition coefficient (Wildman–Crippen LogP) is 3.08. The summed E-state index contributed by atoms with van der Waals surface area (Å²) in [5.74, 6) is -0.849. The summed E-state index contributed by atoms with van der Waals surface area (Å²) in [6.07, 6.45) is 0.520. The maximum atomic E-state index is 12.9. The van der Waals surface area contributed by atoms with Crippen LogP contribution >= 0.6 is 0 Å². The number of imide groups is 1. The first-order valence-corrected chi connectivity index (χ1v) is 9.96. The first-order valence-electron chi connectivity index (χ1n) is 9.96. The van der Waals surface area contributed by atoms with E-state index in [-0.39, 0.29) is 12.4 Å². The SMILES string of the molecule is CC(C)c1ccc([C@]2(C)NC(=O)N(CC(=O)NCCc3ccc(F)cc3)C2=O)cc1. The number of hydrogen-bond acceptors (Lipinski definition) is 3. The van der Waals surface area contributed by atoms with Crippen LogP contribution in [0.5, 0.6) is 0 Å². The molecule has 4 amide bonds. The van der Waals surface area contributed by atoms with Crippen molar-refractivity contribution in [2.75, 3.05) is 13.1 Å². The van der Waals surface area contributed by atoms with Gasteiger partial charge < -0.3 is 10.6 Å². The Kier molecular flexibility index (Phi) is 6.20. The van der Waals surface area contributed by atoms with Gasteiger partial charge in [-0.1, -0.05) is 50.2 Å². The lowest BCUT2D eigenvalue weighted by molar-refractivity contribution is -0.134. The van der Waals surface area contributed by atoms with E-state index in [9.17, 15) is 18.8 Å². The van der Waals surface area contributed by atoms with Crippen molar-refractivity contribution >= 4 is 17.8 Å². The highest BCUT2D eigenvalue weighted by Gasteiger charge is 2.49. The molecule has 1 fully saturated rings. The predicted molar refractivity (Wildman–Crippen MR) is 111 cm³/mol. The molecule has 3 rings (SSSR count). The standard InChI is InChI=1S/C23H26FN3O3/c1-15(2)17-6-8-18(9-7-17)23(3)21(29)27(22(30)26-23)14-20(28)25-13-12-16-4-10-19(24)11-5-16/h4-11,15H,12-14H2,1-3H3,(H,25,28)(H,26,30)/t23-/m0/s1. The van der Waals surface area contributed by atoms with Crippen LogP contribution in [0.25, 0.3) is 0 Å². The number of halogens is 1. The van der Waals surface area contributed by atoms with E-state index >= 15 is 0 Å². The second-order valence-corrected chi connectivity index (χ2v) is 7.95. The Morgan fingerprint density at radius 3 is 2.33 bits per heavy atom. The highest BCUT2D eigenvalue weighted by Crippen LogP contribution is 2.29. The lowest BCUT2D eigenvalue weighted by Gasteiger charge is -2.22. The van der Waals surface area contributed by atoms with E-state index in [2.05, 4.69) is 24.5 Å². The lowest BCUT2D eigenvalue weighted by atomic mass is 9.90. The molecule has 1 atom stereocenters. The van der Waals surface area contributed by atoms with Gasteiger partial charge in [0.25, 0.3) is 5.91 Å². The van der Waals surface area contributed by atoms with Crippen LogP contribution in [0.2, 0.25) is 0 Å². The number of rotatable bonds is 7. The van der Waals surface area contributed by atoms with Crippen LogP contribution in [0.3, 0.4) is 0 Å². The van der Waals surface area contributed by atoms with Crippen molar-refractivity contribution in [1.29, 1.82) is 0 Å². The molecule has 6 nitrogen and oxygen atoms in total. The lowest BCUT2D eigenvalue weighted by Crippen LogP contribution is -2.43. The number of amides is 4. The summed E-state index contributed by atoms with van der Waals surface area (Å²) in [5.41, 5.74) is 1.48. The topological polar surface area (TPSA) is 78.5 Å². The molecule has 1 saturated heterocycles. The zero-order valence-electron chi connectivity index (χ0n) is 17.4. The minimum atomic E-state index is -1.21. The quantitative estimate of drug-likeness (QED) is 0.688. The van der Waals surface area contributed by atoms with Crippen molar-refractivity contribution in [2.24, 2.45) is 0 Å². The Morgan fingerprint density at radius 1 is 1.10 bits per heavy atom. The van der Waals surface area contributed by atoms with Gasteiger partial charge in [0.05, 0.1) is 0 Å². The summed E-state index contributed by atoms with van der Waals surface area (Å²) in [5, 5.41) is 5.40. The van der Waals surface area contributed by atoms with Crippen molar-refractivity contribution in [3.63, 3.8) is 0 Å². The molecule has 1 aliphatic rings. The van der Waals surface area contributed by atoms with Gasteiger partial charge >= 0.3 is 6.03 Å². The summed E-state index contributed by atoms with van der Waals surface area (Å²) < 4.78 is 12.9. The second-order valence-electron chi connectivity index (χ2n) is 7.95. The van der Waals surface area contributed by atoms with Gasteiger partial charge in [-0.05, 0) is 48.1 Å².